The highest BCUT2D eigenvalue weighted by molar-refractivity contribution is 5.45. The molecule has 0 aliphatic carbocycles. The predicted molar refractivity (Wildman–Crippen MR) is 57.1 cm³/mol. The second-order valence-corrected chi connectivity index (χ2v) is 3.46. The number of hydrogen-bond donors (Lipinski definition) is 3. The third kappa shape index (κ3) is 1.95. The van der Waals surface area contributed by atoms with Gasteiger partial charge in [0, 0.05) is 11.8 Å². The summed E-state index contributed by atoms with van der Waals surface area (Å²) in [6.45, 7) is 1.52. The van der Waals surface area contributed by atoms with Crippen molar-refractivity contribution in [3.05, 3.63) is 18.1 Å². The molecule has 0 aliphatic rings. The van der Waals surface area contributed by atoms with E-state index in [1.54, 1.807) is 6.07 Å². The molecule has 0 atom stereocenters. The van der Waals surface area contributed by atoms with E-state index in [0.717, 1.165) is 5.69 Å². The summed E-state index contributed by atoms with van der Waals surface area (Å²) in [4.78, 5) is 8.15. The topological polar surface area (TPSA) is 95.6 Å². The lowest BCUT2D eigenvalue weighted by Gasteiger charge is -2.15. The predicted octanol–water partition coefficient (Wildman–Crippen LogP) is -0.802. The van der Waals surface area contributed by atoms with Crippen LogP contribution < -0.4 is 5.32 Å². The van der Waals surface area contributed by atoms with Crippen LogP contribution >= 0.6 is 0 Å². The van der Waals surface area contributed by atoms with Crippen LogP contribution in [-0.2, 0) is 0 Å². The molecular weight excluding hydrogens is 210 g/mol. The van der Waals surface area contributed by atoms with E-state index in [1.807, 2.05) is 6.92 Å². The number of hydrogen-bond acceptors (Lipinski definition) is 6. The van der Waals surface area contributed by atoms with E-state index in [9.17, 15) is 0 Å². The molecule has 7 heteroatoms. The molecule has 0 saturated carbocycles. The Hall–Kier alpha value is -1.73. The van der Waals surface area contributed by atoms with Crippen molar-refractivity contribution in [2.24, 2.45) is 0 Å². The van der Waals surface area contributed by atoms with Crippen LogP contribution in [0, 0.1) is 6.92 Å². The fourth-order valence-corrected chi connectivity index (χ4v) is 1.39. The number of fused-ring (bicyclic) bond motifs is 1. The van der Waals surface area contributed by atoms with Gasteiger partial charge < -0.3 is 15.5 Å². The lowest BCUT2D eigenvalue weighted by atomic mass is 10.3. The first-order valence-corrected chi connectivity index (χ1v) is 4.90. The van der Waals surface area contributed by atoms with Crippen molar-refractivity contribution >= 4 is 11.6 Å². The first-order chi connectivity index (χ1) is 7.74. The molecule has 0 aliphatic heterocycles. The zero-order chi connectivity index (χ0) is 11.5. The molecule has 0 unspecified atom stereocenters. The quantitative estimate of drug-likeness (QED) is 0.628. The number of rotatable bonds is 4. The minimum absolute atomic E-state index is 0.159. The molecule has 2 aromatic heterocycles. The molecule has 2 aromatic rings. The third-order valence-electron chi connectivity index (χ3n) is 2.17. The monoisotopic (exact) mass is 223 g/mol. The van der Waals surface area contributed by atoms with Gasteiger partial charge in [0.2, 0.25) is 0 Å². The Morgan fingerprint density at radius 2 is 2.19 bits per heavy atom. The Morgan fingerprint density at radius 3 is 2.88 bits per heavy atom. The van der Waals surface area contributed by atoms with Crippen LogP contribution in [0.15, 0.2) is 12.4 Å². The van der Waals surface area contributed by atoms with Gasteiger partial charge in [0.05, 0.1) is 19.3 Å². The summed E-state index contributed by atoms with van der Waals surface area (Å²) in [5, 5.41) is 25.0. The maximum Gasteiger partial charge on any atom is 0.254 e. The van der Waals surface area contributed by atoms with Crippen molar-refractivity contribution < 1.29 is 10.2 Å². The molecule has 2 heterocycles. The fraction of sp³-hybridized carbons (Fsp3) is 0.444. The van der Waals surface area contributed by atoms with E-state index in [1.165, 1.54) is 10.8 Å². The summed E-state index contributed by atoms with van der Waals surface area (Å²) in [5.74, 6) is 1.13. The lowest BCUT2D eigenvalue weighted by molar-refractivity contribution is 0.203. The van der Waals surface area contributed by atoms with Crippen LogP contribution in [0.5, 0.6) is 0 Å². The van der Waals surface area contributed by atoms with Crippen LogP contribution in [0.1, 0.15) is 5.69 Å². The van der Waals surface area contributed by atoms with Crippen LogP contribution in [0.3, 0.4) is 0 Å². The van der Waals surface area contributed by atoms with Gasteiger partial charge >= 0.3 is 0 Å². The number of nitrogens with zero attached hydrogens (tertiary/aromatic N) is 4. The molecule has 0 bridgehead atoms. The summed E-state index contributed by atoms with van der Waals surface area (Å²) >= 11 is 0. The average Bonchev–Trinajstić information content (AvgIpc) is 2.73. The van der Waals surface area contributed by atoms with Crippen molar-refractivity contribution in [2.45, 2.75) is 13.0 Å². The number of aryl methyl sites for hydroxylation is 1. The highest BCUT2D eigenvalue weighted by Gasteiger charge is 2.10. The first-order valence-electron chi connectivity index (χ1n) is 4.90. The maximum atomic E-state index is 9.00. The Morgan fingerprint density at radius 1 is 1.44 bits per heavy atom. The third-order valence-corrected chi connectivity index (χ3v) is 2.17. The molecule has 0 aromatic carbocycles. The number of aliphatic hydroxyl groups is 2. The minimum Gasteiger partial charge on any atom is -0.394 e. The molecule has 0 saturated heterocycles. The van der Waals surface area contributed by atoms with Crippen LogP contribution in [-0.4, -0.2) is 49.1 Å². The Bertz CT molecular complexity index is 480. The zero-order valence-electron chi connectivity index (χ0n) is 8.83. The van der Waals surface area contributed by atoms with E-state index in [2.05, 4.69) is 20.4 Å². The first kappa shape index (κ1) is 10.8. The van der Waals surface area contributed by atoms with Crippen LogP contribution in [0.4, 0.5) is 5.82 Å². The average molecular weight is 223 g/mol. The van der Waals surface area contributed by atoms with Gasteiger partial charge in [0.25, 0.3) is 5.78 Å². The highest BCUT2D eigenvalue weighted by Crippen LogP contribution is 2.10. The van der Waals surface area contributed by atoms with Gasteiger partial charge in [-0.1, -0.05) is 0 Å². The van der Waals surface area contributed by atoms with E-state index < -0.39 is 6.04 Å². The van der Waals surface area contributed by atoms with Crippen LogP contribution in [0.25, 0.3) is 5.78 Å². The normalized spacial score (nSPS) is 11.2. The van der Waals surface area contributed by atoms with E-state index in [-0.39, 0.29) is 13.2 Å². The zero-order valence-corrected chi connectivity index (χ0v) is 8.83. The summed E-state index contributed by atoms with van der Waals surface area (Å²) < 4.78 is 1.52. The van der Waals surface area contributed by atoms with Gasteiger partial charge in [0.15, 0.2) is 0 Å². The molecule has 0 fully saturated rings. The Kier molecular flexibility index (Phi) is 2.97. The SMILES string of the molecule is Cc1cc(NC(CO)CO)n2ncnc2n1. The second kappa shape index (κ2) is 4.42. The Labute approximate surface area is 91.8 Å². The summed E-state index contributed by atoms with van der Waals surface area (Å²) in [6, 6.07) is 1.36. The van der Waals surface area contributed by atoms with Crippen molar-refractivity contribution in [1.29, 1.82) is 0 Å². The van der Waals surface area contributed by atoms with Gasteiger partial charge in [-0.3, -0.25) is 0 Å². The standard InChI is InChI=1S/C9H13N5O2/c1-6-2-8(13-7(3-15)4-16)14-9(12-6)10-5-11-14/h2,5,7,13,15-16H,3-4H2,1H3. The number of nitrogens with one attached hydrogen (secondary N) is 1. The fourth-order valence-electron chi connectivity index (χ4n) is 1.39. The van der Waals surface area contributed by atoms with E-state index in [0.29, 0.717) is 11.6 Å². The lowest BCUT2D eigenvalue weighted by Crippen LogP contribution is -2.29. The second-order valence-electron chi connectivity index (χ2n) is 3.46. The molecule has 3 N–H and O–H groups in total. The van der Waals surface area contributed by atoms with Crippen molar-refractivity contribution in [3.8, 4) is 0 Å². The summed E-state index contributed by atoms with van der Waals surface area (Å²) in [7, 11) is 0. The molecule has 0 amide bonds. The minimum atomic E-state index is -0.422. The van der Waals surface area contributed by atoms with E-state index in [4.69, 9.17) is 10.2 Å². The maximum absolute atomic E-state index is 9.00. The Balaban J connectivity index is 2.38. The van der Waals surface area contributed by atoms with Crippen molar-refractivity contribution in [2.75, 3.05) is 18.5 Å². The smallest absolute Gasteiger partial charge is 0.254 e. The number of anilines is 1. The molecule has 86 valence electrons. The molecule has 2 rings (SSSR count). The number of aromatic nitrogens is 4. The van der Waals surface area contributed by atoms with Gasteiger partial charge in [-0.05, 0) is 6.92 Å². The highest BCUT2D eigenvalue weighted by atomic mass is 16.3. The number of aliphatic hydroxyl groups excluding tert-OH is 2. The molecule has 0 spiro atoms. The molecular formula is C9H13N5O2. The van der Waals surface area contributed by atoms with Crippen molar-refractivity contribution in [3.63, 3.8) is 0 Å². The van der Waals surface area contributed by atoms with Gasteiger partial charge in [-0.15, -0.1) is 0 Å². The summed E-state index contributed by atoms with van der Waals surface area (Å²) in [5.41, 5.74) is 0.789. The molecule has 16 heavy (non-hydrogen) atoms. The van der Waals surface area contributed by atoms with Crippen molar-refractivity contribution in [1.82, 2.24) is 19.6 Å². The molecule has 7 nitrogen and oxygen atoms in total. The largest absolute Gasteiger partial charge is 0.394 e. The van der Waals surface area contributed by atoms with Gasteiger partial charge in [-0.25, -0.2) is 4.98 Å². The summed E-state index contributed by atoms with van der Waals surface area (Å²) in [6.07, 6.45) is 1.40. The van der Waals surface area contributed by atoms with Crippen LogP contribution in [0.2, 0.25) is 0 Å². The van der Waals surface area contributed by atoms with Gasteiger partial charge in [0.1, 0.15) is 12.1 Å². The van der Waals surface area contributed by atoms with Gasteiger partial charge in [-0.2, -0.15) is 14.6 Å². The van der Waals surface area contributed by atoms with E-state index >= 15 is 0 Å². The molecule has 0 radical (unpaired) electrons.